The number of aromatic nitrogens is 2. The highest BCUT2D eigenvalue weighted by atomic mass is 15.1. The summed E-state index contributed by atoms with van der Waals surface area (Å²) in [6.07, 6.45) is 5.45. The molecule has 0 atom stereocenters. The molecule has 2 saturated carbocycles. The lowest BCUT2D eigenvalue weighted by Gasteiger charge is -1.94. The summed E-state index contributed by atoms with van der Waals surface area (Å²) < 4.78 is 0. The van der Waals surface area contributed by atoms with Gasteiger partial charge in [0.1, 0.15) is 0 Å². The van der Waals surface area contributed by atoms with Crippen LogP contribution in [-0.2, 0) is 0 Å². The first kappa shape index (κ1) is 6.70. The lowest BCUT2D eigenvalue weighted by Crippen LogP contribution is -1.84. The van der Waals surface area contributed by atoms with Gasteiger partial charge in [-0.05, 0) is 38.2 Å². The van der Waals surface area contributed by atoms with Crippen molar-refractivity contribution in [3.8, 4) is 0 Å². The Balaban J connectivity index is 1.98. The molecule has 0 aliphatic heterocycles. The highest BCUT2D eigenvalue weighted by Gasteiger charge is 2.33. The van der Waals surface area contributed by atoms with Gasteiger partial charge in [0.15, 0.2) is 0 Å². The monoisotopic (exact) mass is 162 g/mol. The third-order valence-corrected chi connectivity index (χ3v) is 3.03. The summed E-state index contributed by atoms with van der Waals surface area (Å²) in [5, 5.41) is 7.62. The number of rotatable bonds is 2. The van der Waals surface area contributed by atoms with E-state index in [1.54, 1.807) is 0 Å². The van der Waals surface area contributed by atoms with Crippen molar-refractivity contribution in [3.63, 3.8) is 0 Å². The van der Waals surface area contributed by atoms with Crippen LogP contribution in [0.2, 0.25) is 0 Å². The van der Waals surface area contributed by atoms with Gasteiger partial charge in [-0.15, -0.1) is 0 Å². The van der Waals surface area contributed by atoms with Crippen LogP contribution in [0.5, 0.6) is 0 Å². The topological polar surface area (TPSA) is 28.7 Å². The molecule has 1 aromatic rings. The molecule has 2 aliphatic rings. The summed E-state index contributed by atoms with van der Waals surface area (Å²) in [7, 11) is 0. The van der Waals surface area contributed by atoms with E-state index in [2.05, 4.69) is 17.1 Å². The molecule has 64 valence electrons. The largest absolute Gasteiger partial charge is 0.282 e. The van der Waals surface area contributed by atoms with Crippen LogP contribution in [0.15, 0.2) is 0 Å². The zero-order chi connectivity index (χ0) is 8.13. The third-order valence-electron chi connectivity index (χ3n) is 3.03. The Morgan fingerprint density at radius 3 is 2.42 bits per heavy atom. The molecule has 0 spiro atoms. The molecule has 2 aliphatic carbocycles. The maximum Gasteiger partial charge on any atom is 0.0685 e. The van der Waals surface area contributed by atoms with Crippen LogP contribution in [-0.4, -0.2) is 10.2 Å². The van der Waals surface area contributed by atoms with E-state index in [1.807, 2.05) is 0 Å². The molecule has 2 heteroatoms. The Morgan fingerprint density at radius 2 is 1.83 bits per heavy atom. The molecular formula is C10H14N2. The predicted molar refractivity (Wildman–Crippen MR) is 47.3 cm³/mol. The van der Waals surface area contributed by atoms with Crippen LogP contribution in [0.3, 0.4) is 0 Å². The standard InChI is InChI=1S/C10H14N2/c1-6-9(7-2-3-7)11-12-10(6)8-4-5-8/h7-8H,2-5H2,1H3,(H,11,12). The molecule has 0 amide bonds. The van der Waals surface area contributed by atoms with Crippen molar-refractivity contribution in [2.45, 2.75) is 44.4 Å². The second-order valence-electron chi connectivity index (χ2n) is 4.20. The fraction of sp³-hybridized carbons (Fsp3) is 0.700. The van der Waals surface area contributed by atoms with Crippen LogP contribution in [0, 0.1) is 6.92 Å². The number of nitrogens with one attached hydrogen (secondary N) is 1. The molecule has 1 aromatic heterocycles. The van der Waals surface area contributed by atoms with E-state index in [0.717, 1.165) is 11.8 Å². The van der Waals surface area contributed by atoms with Gasteiger partial charge in [0.2, 0.25) is 0 Å². The highest BCUT2D eigenvalue weighted by molar-refractivity contribution is 5.33. The maximum atomic E-state index is 4.41. The van der Waals surface area contributed by atoms with E-state index in [4.69, 9.17) is 0 Å². The van der Waals surface area contributed by atoms with Crippen LogP contribution in [0.25, 0.3) is 0 Å². The first-order chi connectivity index (χ1) is 5.86. The highest BCUT2D eigenvalue weighted by Crippen LogP contribution is 2.45. The van der Waals surface area contributed by atoms with E-state index in [9.17, 15) is 0 Å². The summed E-state index contributed by atoms with van der Waals surface area (Å²) in [6, 6.07) is 0. The quantitative estimate of drug-likeness (QED) is 0.711. The average molecular weight is 162 g/mol. The zero-order valence-corrected chi connectivity index (χ0v) is 7.43. The number of nitrogens with zero attached hydrogens (tertiary/aromatic N) is 1. The smallest absolute Gasteiger partial charge is 0.0685 e. The summed E-state index contributed by atoms with van der Waals surface area (Å²) in [5.41, 5.74) is 4.24. The minimum Gasteiger partial charge on any atom is -0.282 e. The third kappa shape index (κ3) is 0.904. The van der Waals surface area contributed by atoms with Gasteiger partial charge >= 0.3 is 0 Å². The minimum absolute atomic E-state index is 0.800. The summed E-state index contributed by atoms with van der Waals surface area (Å²) in [5.74, 6) is 1.62. The molecule has 2 fully saturated rings. The first-order valence-corrected chi connectivity index (χ1v) is 4.91. The minimum atomic E-state index is 0.800. The number of H-pyrrole nitrogens is 1. The summed E-state index contributed by atoms with van der Waals surface area (Å²) in [6.45, 7) is 2.23. The Bertz CT molecular complexity index is 276. The zero-order valence-electron chi connectivity index (χ0n) is 7.43. The van der Waals surface area contributed by atoms with Crippen LogP contribution in [0.1, 0.15) is 54.5 Å². The molecule has 2 nitrogen and oxygen atoms in total. The van der Waals surface area contributed by atoms with Gasteiger partial charge < -0.3 is 0 Å². The van der Waals surface area contributed by atoms with E-state index < -0.39 is 0 Å². The number of hydrogen-bond acceptors (Lipinski definition) is 1. The number of hydrogen-bond donors (Lipinski definition) is 1. The lowest BCUT2D eigenvalue weighted by molar-refractivity contribution is 0.926. The maximum absolute atomic E-state index is 4.41. The molecule has 3 rings (SSSR count). The Labute approximate surface area is 72.4 Å². The molecule has 0 aromatic carbocycles. The van der Waals surface area contributed by atoms with Crippen molar-refractivity contribution >= 4 is 0 Å². The Kier molecular flexibility index (Phi) is 1.18. The SMILES string of the molecule is Cc1c(C2CC2)n[nH]c1C1CC1. The fourth-order valence-corrected chi connectivity index (χ4v) is 1.95. The van der Waals surface area contributed by atoms with E-state index in [1.165, 1.54) is 42.6 Å². The predicted octanol–water partition coefficient (Wildman–Crippen LogP) is 2.47. The van der Waals surface area contributed by atoms with Gasteiger partial charge in [-0.2, -0.15) is 5.10 Å². The van der Waals surface area contributed by atoms with Crippen LogP contribution < -0.4 is 0 Å². The summed E-state index contributed by atoms with van der Waals surface area (Å²) in [4.78, 5) is 0. The normalized spacial score (nSPS) is 23.1. The second kappa shape index (κ2) is 2.12. The van der Waals surface area contributed by atoms with Gasteiger partial charge in [-0.25, -0.2) is 0 Å². The second-order valence-corrected chi connectivity index (χ2v) is 4.20. The number of aromatic amines is 1. The van der Waals surface area contributed by atoms with Gasteiger partial charge in [0.05, 0.1) is 5.69 Å². The first-order valence-electron chi connectivity index (χ1n) is 4.91. The molecule has 12 heavy (non-hydrogen) atoms. The Hall–Kier alpha value is -0.790. The van der Waals surface area contributed by atoms with Gasteiger partial charge in [-0.3, -0.25) is 5.10 Å². The molecule has 0 bridgehead atoms. The molecule has 0 saturated heterocycles. The van der Waals surface area contributed by atoms with Gasteiger partial charge in [0.25, 0.3) is 0 Å². The van der Waals surface area contributed by atoms with Crippen LogP contribution >= 0.6 is 0 Å². The van der Waals surface area contributed by atoms with Crippen molar-refractivity contribution < 1.29 is 0 Å². The van der Waals surface area contributed by atoms with Crippen LogP contribution in [0.4, 0.5) is 0 Å². The van der Waals surface area contributed by atoms with E-state index >= 15 is 0 Å². The molecular weight excluding hydrogens is 148 g/mol. The molecule has 1 N–H and O–H groups in total. The van der Waals surface area contributed by atoms with Crippen molar-refractivity contribution in [2.24, 2.45) is 0 Å². The molecule has 0 radical (unpaired) electrons. The average Bonchev–Trinajstić information content (AvgIpc) is 2.94. The van der Waals surface area contributed by atoms with Gasteiger partial charge in [-0.1, -0.05) is 0 Å². The van der Waals surface area contributed by atoms with Crippen molar-refractivity contribution in [2.75, 3.05) is 0 Å². The summed E-state index contributed by atoms with van der Waals surface area (Å²) >= 11 is 0. The molecule has 1 heterocycles. The fourth-order valence-electron chi connectivity index (χ4n) is 1.95. The lowest BCUT2D eigenvalue weighted by atomic mass is 10.1. The Morgan fingerprint density at radius 1 is 1.17 bits per heavy atom. The van der Waals surface area contributed by atoms with Crippen molar-refractivity contribution in [1.82, 2.24) is 10.2 Å². The molecule has 0 unspecified atom stereocenters. The van der Waals surface area contributed by atoms with Gasteiger partial charge in [0, 0.05) is 17.5 Å². The van der Waals surface area contributed by atoms with Crippen molar-refractivity contribution in [1.29, 1.82) is 0 Å². The van der Waals surface area contributed by atoms with Crippen molar-refractivity contribution in [3.05, 3.63) is 17.0 Å². The van der Waals surface area contributed by atoms with E-state index in [0.29, 0.717) is 0 Å². The van der Waals surface area contributed by atoms with E-state index in [-0.39, 0.29) is 0 Å².